The van der Waals surface area contributed by atoms with Crippen molar-refractivity contribution < 1.29 is 28.2 Å². The van der Waals surface area contributed by atoms with E-state index in [1.165, 1.54) is 32.1 Å². The number of nitriles is 1. The van der Waals surface area contributed by atoms with Crippen molar-refractivity contribution in [2.75, 3.05) is 37.4 Å². The molecule has 1 aliphatic carbocycles. The number of imidazole rings is 1. The van der Waals surface area contributed by atoms with Crippen LogP contribution in [0.15, 0.2) is 67.1 Å². The number of likely N-dealkylation sites (tertiary alicyclic amines) is 1. The Morgan fingerprint density at radius 2 is 1.90 bits per heavy atom. The molecule has 0 atom stereocenters. The Kier molecular flexibility index (Phi) is 10.6. The third kappa shape index (κ3) is 9.11. The van der Waals surface area contributed by atoms with Gasteiger partial charge < -0.3 is 29.4 Å². The maximum atomic E-state index is 14.2. The number of nitrogens with zero attached hydrogens (tertiary/aromatic N) is 5. The monoisotopic (exact) mass is 667 g/mol. The predicted octanol–water partition coefficient (Wildman–Crippen LogP) is 5.16. The van der Waals surface area contributed by atoms with Gasteiger partial charge in [0.2, 0.25) is 11.8 Å². The highest BCUT2D eigenvalue weighted by Gasteiger charge is 2.24. The second kappa shape index (κ2) is 15.6. The molecule has 12 nitrogen and oxygen atoms in total. The van der Waals surface area contributed by atoms with Gasteiger partial charge in [-0.15, -0.1) is 0 Å². The van der Waals surface area contributed by atoms with Crippen molar-refractivity contribution in [3.63, 3.8) is 0 Å². The highest BCUT2D eigenvalue weighted by Crippen LogP contribution is 2.31. The SMILES string of the molecule is COC(=O)c1ccc(NC(=O)CN2CCC(Oc3cccc(COc4ccc(C#N)cc4F)n3)CC2)c(NCc2cncn2CC2CC2)c1. The molecule has 2 fully saturated rings. The smallest absolute Gasteiger partial charge is 0.337 e. The first-order valence-electron chi connectivity index (χ1n) is 16.3. The lowest BCUT2D eigenvalue weighted by atomic mass is 10.1. The summed E-state index contributed by atoms with van der Waals surface area (Å²) in [7, 11) is 1.34. The van der Waals surface area contributed by atoms with Crippen molar-refractivity contribution in [3.05, 3.63) is 95.5 Å². The molecule has 1 saturated carbocycles. The minimum absolute atomic E-state index is 0.0430. The van der Waals surface area contributed by atoms with E-state index < -0.39 is 11.8 Å². The van der Waals surface area contributed by atoms with Crippen molar-refractivity contribution in [2.24, 2.45) is 5.92 Å². The van der Waals surface area contributed by atoms with Gasteiger partial charge in [-0.1, -0.05) is 6.07 Å². The van der Waals surface area contributed by atoms with Crippen LogP contribution in [-0.4, -0.2) is 64.2 Å². The zero-order chi connectivity index (χ0) is 34.2. The summed E-state index contributed by atoms with van der Waals surface area (Å²) in [4.78, 5) is 36.3. The summed E-state index contributed by atoms with van der Waals surface area (Å²) in [5.41, 5.74) is 3.38. The molecule has 2 aromatic heterocycles. The van der Waals surface area contributed by atoms with E-state index in [0.717, 1.165) is 18.3 Å². The fourth-order valence-corrected chi connectivity index (χ4v) is 5.66. The summed E-state index contributed by atoms with van der Waals surface area (Å²) in [6.07, 6.45) is 7.48. The van der Waals surface area contributed by atoms with Crippen LogP contribution < -0.4 is 20.1 Å². The lowest BCUT2D eigenvalue weighted by molar-refractivity contribution is -0.117. The Bertz CT molecular complexity index is 1830. The van der Waals surface area contributed by atoms with Crippen LogP contribution >= 0.6 is 0 Å². The summed E-state index contributed by atoms with van der Waals surface area (Å²) in [5, 5.41) is 15.3. The van der Waals surface area contributed by atoms with Crippen LogP contribution in [-0.2, 0) is 29.2 Å². The van der Waals surface area contributed by atoms with Crippen LogP contribution in [0.2, 0.25) is 0 Å². The number of nitrogens with one attached hydrogen (secondary N) is 2. The average molecular weight is 668 g/mol. The standard InChI is InChI=1S/C36H38FN7O5/c1-47-36(46)26-8-9-31(32(16-26)40-19-28-18-39-23-44(28)20-24-5-6-24)42-34(45)21-43-13-11-29(12-14-43)49-35-4-2-3-27(41-35)22-48-33-10-7-25(17-38)15-30(33)37/h2-4,7-10,15-16,18,23-24,29,40H,5-6,11-14,19-22H2,1H3,(H,42,45). The van der Waals surface area contributed by atoms with Gasteiger partial charge in [0.05, 0.1) is 66.5 Å². The van der Waals surface area contributed by atoms with E-state index in [1.54, 1.807) is 36.4 Å². The minimum Gasteiger partial charge on any atom is -0.484 e. The minimum atomic E-state index is -0.608. The highest BCUT2D eigenvalue weighted by molar-refractivity contribution is 5.98. The van der Waals surface area contributed by atoms with E-state index in [0.29, 0.717) is 66.9 Å². The van der Waals surface area contributed by atoms with Gasteiger partial charge in [-0.25, -0.2) is 19.2 Å². The van der Waals surface area contributed by atoms with Gasteiger partial charge in [-0.3, -0.25) is 9.69 Å². The number of hydrogen-bond acceptors (Lipinski definition) is 10. The van der Waals surface area contributed by atoms with E-state index in [1.807, 2.05) is 18.6 Å². The van der Waals surface area contributed by atoms with Gasteiger partial charge >= 0.3 is 5.97 Å². The molecule has 2 aliphatic rings. The lowest BCUT2D eigenvalue weighted by Crippen LogP contribution is -2.42. The van der Waals surface area contributed by atoms with E-state index in [9.17, 15) is 14.0 Å². The Morgan fingerprint density at radius 3 is 2.65 bits per heavy atom. The van der Waals surface area contributed by atoms with E-state index in [2.05, 4.69) is 30.1 Å². The molecule has 1 aliphatic heterocycles. The second-order valence-corrected chi connectivity index (χ2v) is 12.2. The molecule has 0 radical (unpaired) electrons. The summed E-state index contributed by atoms with van der Waals surface area (Å²) in [6.45, 7) is 2.99. The molecule has 0 spiro atoms. The summed E-state index contributed by atoms with van der Waals surface area (Å²) in [6, 6.07) is 16.3. The third-order valence-corrected chi connectivity index (χ3v) is 8.53. The van der Waals surface area contributed by atoms with Gasteiger partial charge in [0.15, 0.2) is 11.6 Å². The zero-order valence-electron chi connectivity index (χ0n) is 27.2. The molecule has 1 amide bonds. The Hall–Kier alpha value is -5.48. The van der Waals surface area contributed by atoms with Crippen LogP contribution in [0.5, 0.6) is 11.6 Å². The highest BCUT2D eigenvalue weighted by atomic mass is 19.1. The van der Waals surface area contributed by atoms with Crippen molar-refractivity contribution in [3.8, 4) is 17.7 Å². The topological polar surface area (TPSA) is 144 Å². The largest absolute Gasteiger partial charge is 0.484 e. The van der Waals surface area contributed by atoms with Gasteiger partial charge in [-0.05, 0) is 74.1 Å². The average Bonchev–Trinajstić information content (AvgIpc) is 3.83. The number of carbonyl (C=O) groups excluding carboxylic acids is 2. The molecule has 0 unspecified atom stereocenters. The summed E-state index contributed by atoms with van der Waals surface area (Å²) >= 11 is 0. The summed E-state index contributed by atoms with van der Waals surface area (Å²) in [5.74, 6) is -0.0439. The fourth-order valence-electron chi connectivity index (χ4n) is 5.66. The number of hydrogen-bond donors (Lipinski definition) is 2. The number of rotatable bonds is 14. The van der Waals surface area contributed by atoms with Crippen LogP contribution in [0.1, 0.15) is 53.0 Å². The first kappa shape index (κ1) is 33.4. The number of methoxy groups -OCH3 is 1. The number of ether oxygens (including phenoxy) is 3. The Balaban J connectivity index is 0.992. The molecule has 254 valence electrons. The maximum absolute atomic E-state index is 14.2. The van der Waals surface area contributed by atoms with Crippen LogP contribution in [0.4, 0.5) is 15.8 Å². The van der Waals surface area contributed by atoms with Crippen molar-refractivity contribution in [2.45, 2.75) is 51.5 Å². The molecule has 49 heavy (non-hydrogen) atoms. The molecule has 4 aromatic rings. The molecule has 1 saturated heterocycles. The zero-order valence-corrected chi connectivity index (χ0v) is 27.2. The van der Waals surface area contributed by atoms with E-state index >= 15 is 0 Å². The number of aromatic nitrogens is 3. The molecule has 6 rings (SSSR count). The maximum Gasteiger partial charge on any atom is 0.337 e. The predicted molar refractivity (Wildman–Crippen MR) is 178 cm³/mol. The van der Waals surface area contributed by atoms with Crippen molar-refractivity contribution in [1.82, 2.24) is 19.4 Å². The molecule has 3 heterocycles. The van der Waals surface area contributed by atoms with Crippen LogP contribution in [0.25, 0.3) is 0 Å². The number of benzene rings is 2. The number of piperidine rings is 1. The van der Waals surface area contributed by atoms with Crippen molar-refractivity contribution in [1.29, 1.82) is 5.26 Å². The quantitative estimate of drug-likeness (QED) is 0.173. The third-order valence-electron chi connectivity index (χ3n) is 8.53. The molecule has 2 aromatic carbocycles. The number of amides is 1. The first-order chi connectivity index (χ1) is 23.9. The normalized spacial score (nSPS) is 14.9. The molecule has 2 N–H and O–H groups in total. The Morgan fingerprint density at radius 1 is 1.06 bits per heavy atom. The number of pyridine rings is 1. The summed E-state index contributed by atoms with van der Waals surface area (Å²) < 4.78 is 32.9. The lowest BCUT2D eigenvalue weighted by Gasteiger charge is -2.31. The van der Waals surface area contributed by atoms with Crippen molar-refractivity contribution >= 4 is 23.3 Å². The number of halogens is 1. The molecule has 0 bridgehead atoms. The van der Waals surface area contributed by atoms with Gasteiger partial charge in [0.25, 0.3) is 0 Å². The van der Waals surface area contributed by atoms with E-state index in [-0.39, 0.29) is 36.5 Å². The number of esters is 1. The Labute approximate surface area is 283 Å². The van der Waals surface area contributed by atoms with Crippen LogP contribution in [0.3, 0.4) is 0 Å². The van der Waals surface area contributed by atoms with Crippen LogP contribution in [0, 0.1) is 23.1 Å². The first-order valence-corrected chi connectivity index (χ1v) is 16.3. The van der Waals surface area contributed by atoms with Gasteiger partial charge in [-0.2, -0.15) is 5.26 Å². The molecular weight excluding hydrogens is 629 g/mol. The van der Waals surface area contributed by atoms with E-state index in [4.69, 9.17) is 19.5 Å². The van der Waals surface area contributed by atoms with Gasteiger partial charge in [0.1, 0.15) is 12.7 Å². The number of anilines is 2. The second-order valence-electron chi connectivity index (χ2n) is 12.2. The molecule has 13 heteroatoms. The number of carbonyl (C=O) groups is 2. The fraction of sp³-hybridized carbons (Fsp3) is 0.361. The molecular formula is C36H38FN7O5. The van der Waals surface area contributed by atoms with Gasteiger partial charge in [0, 0.05) is 31.9 Å².